The van der Waals surface area contributed by atoms with Crippen LogP contribution in [0.1, 0.15) is 84.5 Å². The van der Waals surface area contributed by atoms with Gasteiger partial charge in [-0.15, -0.1) is 0 Å². The number of nitrogens with zero attached hydrogens (tertiary/aromatic N) is 3. The monoisotopic (exact) mass is 651 g/mol. The maximum absolute atomic E-state index is 13.6. The van der Waals surface area contributed by atoms with E-state index in [1.54, 1.807) is 52.6 Å². The molecule has 4 amide bonds. The minimum absolute atomic E-state index is 0.137. The predicted molar refractivity (Wildman–Crippen MR) is 178 cm³/mol. The molecule has 1 saturated heterocycles. The van der Waals surface area contributed by atoms with Crippen molar-refractivity contribution >= 4 is 30.0 Å². The van der Waals surface area contributed by atoms with Gasteiger partial charge in [-0.2, -0.15) is 0 Å². The van der Waals surface area contributed by atoms with Crippen LogP contribution < -0.4 is 21.7 Å². The second-order valence-corrected chi connectivity index (χ2v) is 13.4. The second kappa shape index (κ2) is 16.9. The Kier molecular flexibility index (Phi) is 13.3. The van der Waals surface area contributed by atoms with E-state index in [9.17, 15) is 19.2 Å². The summed E-state index contributed by atoms with van der Waals surface area (Å²) in [6, 6.07) is 13.5. The van der Waals surface area contributed by atoms with Crippen LogP contribution in [-0.4, -0.2) is 76.2 Å². The molecule has 0 saturated carbocycles. The molecular weight excluding hydrogens is 602 g/mol. The van der Waals surface area contributed by atoms with E-state index in [2.05, 4.69) is 25.9 Å². The summed E-state index contributed by atoms with van der Waals surface area (Å²) in [6.45, 7) is 10.8. The zero-order valence-electron chi connectivity index (χ0n) is 28.2. The lowest BCUT2D eigenvalue weighted by Gasteiger charge is -2.28. The molecule has 1 aromatic heterocycles. The zero-order chi connectivity index (χ0) is 34.6. The Balaban J connectivity index is 1.60. The summed E-state index contributed by atoms with van der Waals surface area (Å²) in [5.74, 6) is -0.696. The smallest absolute Gasteiger partial charge is 0.414 e. The first-order chi connectivity index (χ1) is 22.1. The molecule has 0 aliphatic carbocycles. The lowest BCUT2D eigenvalue weighted by atomic mass is 10.0. The van der Waals surface area contributed by atoms with E-state index >= 15 is 0 Å². The van der Waals surface area contributed by atoms with E-state index in [-0.39, 0.29) is 36.8 Å². The number of hydrogen-bond acceptors (Lipinski definition) is 9. The fraction of sp³-hybridized carbons (Fsp3) is 0.529. The number of hydrogen-bond donors (Lipinski definition) is 4. The van der Waals surface area contributed by atoms with E-state index in [0.29, 0.717) is 32.2 Å². The highest BCUT2D eigenvalue weighted by molar-refractivity contribution is 6.01. The first-order valence-electron chi connectivity index (χ1n) is 16.0. The Hall–Kier alpha value is -4.52. The van der Waals surface area contributed by atoms with Crippen LogP contribution in [0.2, 0.25) is 0 Å². The highest BCUT2D eigenvalue weighted by Crippen LogP contribution is 2.23. The minimum Gasteiger partial charge on any atom is -0.444 e. The van der Waals surface area contributed by atoms with Gasteiger partial charge in [-0.05, 0) is 84.9 Å². The number of aliphatic imine (C=N–C) groups is 1. The van der Waals surface area contributed by atoms with Crippen LogP contribution in [0, 0.1) is 0 Å². The van der Waals surface area contributed by atoms with Crippen molar-refractivity contribution in [2.45, 2.75) is 103 Å². The summed E-state index contributed by atoms with van der Waals surface area (Å²) in [6.07, 6.45) is 2.49. The van der Waals surface area contributed by atoms with Crippen molar-refractivity contribution in [1.82, 2.24) is 25.8 Å². The fourth-order valence-corrected chi connectivity index (χ4v) is 4.99. The standard InChI is InChI=1S/C34H49N7O6/c1-33(2,3)46-31(44)39-30(40-32(45)47-34(4,5)6)37-20-12-17-25(35)29(43)41-21-13-18-27(41)28(42)38-26(23-14-8-7-9-15-23)22-24-16-10-11-19-36-24/h7-11,14-16,19,25-27H,12-13,17-18,20-22,35H2,1-6H3,(H,38,42)(H2,37,39,40,44,45)/t25-,26-,27-/m0/s1. The third-order valence-corrected chi connectivity index (χ3v) is 7.00. The van der Waals surface area contributed by atoms with Crippen LogP contribution >= 0.6 is 0 Å². The third kappa shape index (κ3) is 13.0. The number of carbonyl (C=O) groups is 4. The molecule has 1 aliphatic heterocycles. The summed E-state index contributed by atoms with van der Waals surface area (Å²) in [5, 5.41) is 8.01. The molecule has 256 valence electrons. The maximum atomic E-state index is 13.6. The van der Waals surface area contributed by atoms with Crippen LogP contribution in [0.3, 0.4) is 0 Å². The average Bonchev–Trinajstić information content (AvgIpc) is 3.48. The molecule has 13 nitrogen and oxygen atoms in total. The number of aromatic nitrogens is 1. The normalized spacial score (nSPS) is 16.0. The van der Waals surface area contributed by atoms with Crippen LogP contribution in [-0.2, 0) is 25.5 Å². The number of ether oxygens (including phenoxy) is 2. The number of nitrogens with one attached hydrogen (secondary N) is 3. The van der Waals surface area contributed by atoms with Gasteiger partial charge in [0.25, 0.3) is 0 Å². The van der Waals surface area contributed by atoms with E-state index in [1.165, 1.54) is 0 Å². The van der Waals surface area contributed by atoms with Crippen LogP contribution in [0.25, 0.3) is 0 Å². The number of nitrogens with two attached hydrogens (primary N) is 1. The van der Waals surface area contributed by atoms with Gasteiger partial charge in [0.1, 0.15) is 17.2 Å². The molecule has 3 atom stereocenters. The lowest BCUT2D eigenvalue weighted by molar-refractivity contribution is -0.139. The first kappa shape index (κ1) is 36.9. The number of rotatable bonds is 10. The zero-order valence-corrected chi connectivity index (χ0v) is 28.2. The van der Waals surface area contributed by atoms with Gasteiger partial charge in [0.15, 0.2) is 0 Å². The first-order valence-corrected chi connectivity index (χ1v) is 16.0. The molecule has 3 rings (SSSR count). The molecule has 2 heterocycles. The van der Waals surface area contributed by atoms with Crippen molar-refractivity contribution in [3.63, 3.8) is 0 Å². The van der Waals surface area contributed by atoms with Gasteiger partial charge in [-0.25, -0.2) is 9.59 Å². The molecule has 0 spiro atoms. The highest BCUT2D eigenvalue weighted by atomic mass is 16.6. The molecule has 0 bridgehead atoms. The Morgan fingerprint density at radius 2 is 1.57 bits per heavy atom. The van der Waals surface area contributed by atoms with Gasteiger partial charge >= 0.3 is 12.2 Å². The molecular formula is C34H49N7O6. The number of likely N-dealkylation sites (tertiary alicyclic amines) is 1. The molecule has 2 aromatic rings. The SMILES string of the molecule is CC(C)(C)OC(=O)NC(=NCCC[C@H](N)C(=O)N1CCC[C@H]1C(=O)N[C@@H](Cc1ccccn1)c1ccccc1)NC(=O)OC(C)(C)C. The van der Waals surface area contributed by atoms with Gasteiger partial charge < -0.3 is 25.4 Å². The van der Waals surface area contributed by atoms with Gasteiger partial charge in [0.2, 0.25) is 17.8 Å². The van der Waals surface area contributed by atoms with Crippen molar-refractivity contribution in [2.24, 2.45) is 10.7 Å². The Labute approximate surface area is 277 Å². The molecule has 0 unspecified atom stereocenters. The van der Waals surface area contributed by atoms with E-state index in [1.807, 2.05) is 48.5 Å². The van der Waals surface area contributed by atoms with Gasteiger partial charge in [0.05, 0.1) is 12.1 Å². The van der Waals surface area contributed by atoms with E-state index < -0.39 is 35.5 Å². The molecule has 5 N–H and O–H groups in total. The Bertz CT molecular complexity index is 1340. The molecule has 1 aliphatic rings. The molecule has 0 radical (unpaired) electrons. The predicted octanol–water partition coefficient (Wildman–Crippen LogP) is 3.99. The Morgan fingerprint density at radius 1 is 0.957 bits per heavy atom. The van der Waals surface area contributed by atoms with Crippen molar-refractivity contribution in [1.29, 1.82) is 0 Å². The maximum Gasteiger partial charge on any atom is 0.414 e. The van der Waals surface area contributed by atoms with Crippen LogP contribution in [0.15, 0.2) is 59.7 Å². The van der Waals surface area contributed by atoms with Crippen molar-refractivity contribution in [3.05, 3.63) is 66.0 Å². The topological polar surface area (TPSA) is 177 Å². The number of amides is 4. The van der Waals surface area contributed by atoms with Crippen LogP contribution in [0.5, 0.6) is 0 Å². The highest BCUT2D eigenvalue weighted by Gasteiger charge is 2.37. The molecule has 1 fully saturated rings. The molecule has 47 heavy (non-hydrogen) atoms. The van der Waals surface area contributed by atoms with E-state index in [4.69, 9.17) is 15.2 Å². The van der Waals surface area contributed by atoms with Crippen LogP contribution in [0.4, 0.5) is 9.59 Å². The van der Waals surface area contributed by atoms with Gasteiger partial charge in [-0.3, -0.25) is 30.2 Å². The van der Waals surface area contributed by atoms with Gasteiger partial charge in [0, 0.05) is 31.4 Å². The Morgan fingerprint density at radius 3 is 2.15 bits per heavy atom. The quantitative estimate of drug-likeness (QED) is 0.169. The summed E-state index contributed by atoms with van der Waals surface area (Å²) in [7, 11) is 0. The summed E-state index contributed by atoms with van der Waals surface area (Å²) < 4.78 is 10.5. The minimum atomic E-state index is -0.863. The fourth-order valence-electron chi connectivity index (χ4n) is 4.99. The van der Waals surface area contributed by atoms with Crippen molar-refractivity contribution in [2.75, 3.05) is 13.1 Å². The molecule has 13 heteroatoms. The summed E-state index contributed by atoms with van der Waals surface area (Å²) >= 11 is 0. The number of carbonyl (C=O) groups excluding carboxylic acids is 4. The third-order valence-electron chi connectivity index (χ3n) is 7.00. The number of alkyl carbamates (subject to hydrolysis) is 2. The second-order valence-electron chi connectivity index (χ2n) is 13.4. The largest absolute Gasteiger partial charge is 0.444 e. The number of guanidine groups is 1. The summed E-state index contributed by atoms with van der Waals surface area (Å²) in [5.41, 5.74) is 6.57. The number of pyridine rings is 1. The lowest BCUT2D eigenvalue weighted by Crippen LogP contribution is -2.51. The number of benzene rings is 1. The van der Waals surface area contributed by atoms with Gasteiger partial charge in [-0.1, -0.05) is 36.4 Å². The average molecular weight is 652 g/mol. The van der Waals surface area contributed by atoms with E-state index in [0.717, 1.165) is 11.3 Å². The summed E-state index contributed by atoms with van der Waals surface area (Å²) in [4.78, 5) is 61.9. The van der Waals surface area contributed by atoms with Crippen molar-refractivity contribution < 1.29 is 28.7 Å². The van der Waals surface area contributed by atoms with Crippen molar-refractivity contribution in [3.8, 4) is 0 Å². The molecule has 1 aromatic carbocycles.